The third kappa shape index (κ3) is 3.31. The first-order valence-electron chi connectivity index (χ1n) is 6.61. The molecule has 3 rings (SSSR count). The average molecular weight is 290 g/mol. The van der Waals surface area contributed by atoms with E-state index in [-0.39, 0.29) is 0 Å². The van der Waals surface area contributed by atoms with Crippen LogP contribution in [-0.2, 0) is 0 Å². The van der Waals surface area contributed by atoms with Gasteiger partial charge in [0.15, 0.2) is 0 Å². The first kappa shape index (κ1) is 13.4. The van der Waals surface area contributed by atoms with Crippen LogP contribution in [0.4, 0.5) is 0 Å². The number of halogens is 1. The summed E-state index contributed by atoms with van der Waals surface area (Å²) >= 11 is 6.06. The zero-order chi connectivity index (χ0) is 14.5. The molecule has 21 heavy (non-hydrogen) atoms. The van der Waals surface area contributed by atoms with Crippen LogP contribution in [0.1, 0.15) is 11.1 Å². The van der Waals surface area contributed by atoms with E-state index in [4.69, 9.17) is 11.6 Å². The third-order valence-corrected chi connectivity index (χ3v) is 3.26. The number of hydrogen-bond donors (Lipinski definition) is 0. The van der Waals surface area contributed by atoms with Crippen molar-refractivity contribution >= 4 is 11.6 Å². The lowest BCUT2D eigenvalue weighted by atomic mass is 10.1. The number of hydrogen-bond acceptors (Lipinski definition) is 1. The molecule has 0 amide bonds. The molecule has 1 aromatic heterocycles. The molecule has 3 aromatic rings. The second-order valence-corrected chi connectivity index (χ2v) is 4.96. The number of aromatic nitrogens is 1. The molecule has 0 atom stereocenters. The van der Waals surface area contributed by atoms with Gasteiger partial charge in [-0.3, -0.25) is 4.98 Å². The molecule has 0 spiro atoms. The van der Waals surface area contributed by atoms with Crippen LogP contribution in [0.5, 0.6) is 0 Å². The molecule has 1 heterocycles. The smallest absolute Gasteiger partial charge is 0.0858 e. The number of rotatable bonds is 1. The van der Waals surface area contributed by atoms with Crippen LogP contribution < -0.4 is 0 Å². The molecule has 0 unspecified atom stereocenters. The molecule has 0 aliphatic heterocycles. The van der Waals surface area contributed by atoms with Gasteiger partial charge >= 0.3 is 0 Å². The summed E-state index contributed by atoms with van der Waals surface area (Å²) in [6.07, 6.45) is 1.77. The zero-order valence-corrected chi connectivity index (χ0v) is 12.0. The largest absolute Gasteiger partial charge is 0.255 e. The monoisotopic (exact) mass is 289 g/mol. The predicted octanol–water partition coefficient (Wildman–Crippen LogP) is 4.80. The molecule has 0 aliphatic rings. The molecule has 0 saturated heterocycles. The minimum atomic E-state index is 0.695. The van der Waals surface area contributed by atoms with Gasteiger partial charge < -0.3 is 0 Å². The maximum absolute atomic E-state index is 6.06. The molecule has 0 radical (unpaired) electrons. The first-order valence-corrected chi connectivity index (χ1v) is 6.99. The topological polar surface area (TPSA) is 12.9 Å². The molecule has 2 heteroatoms. The maximum atomic E-state index is 6.06. The van der Waals surface area contributed by atoms with E-state index >= 15 is 0 Å². The van der Waals surface area contributed by atoms with Crippen LogP contribution in [0.15, 0.2) is 72.9 Å². The third-order valence-electron chi connectivity index (χ3n) is 3.02. The highest BCUT2D eigenvalue weighted by atomic mass is 35.5. The van der Waals surface area contributed by atoms with E-state index in [1.165, 1.54) is 0 Å². The SMILES string of the molecule is Clc1cccc(-c2ncccc2C#Cc2ccccc2)c1. The molecule has 1 nitrogen and oxygen atoms in total. The van der Waals surface area contributed by atoms with Crippen LogP contribution >= 0.6 is 11.6 Å². The van der Waals surface area contributed by atoms with Crippen LogP contribution in [-0.4, -0.2) is 4.98 Å². The fourth-order valence-corrected chi connectivity index (χ4v) is 2.22. The Hall–Kier alpha value is -2.56. The molecular formula is C19H12ClN. The first-order chi connectivity index (χ1) is 10.3. The van der Waals surface area contributed by atoms with Crippen molar-refractivity contribution in [2.24, 2.45) is 0 Å². The summed E-state index contributed by atoms with van der Waals surface area (Å²) in [5.41, 5.74) is 3.70. The molecule has 0 fully saturated rings. The molecule has 100 valence electrons. The number of nitrogens with zero attached hydrogens (tertiary/aromatic N) is 1. The molecule has 2 aromatic carbocycles. The standard InChI is InChI=1S/C19H12ClN/c20-18-10-4-8-17(14-18)19-16(9-5-13-21-19)12-11-15-6-2-1-3-7-15/h1-10,13-14H. The van der Waals surface area contributed by atoms with Gasteiger partial charge in [0.05, 0.1) is 11.3 Å². The predicted molar refractivity (Wildman–Crippen MR) is 87.1 cm³/mol. The van der Waals surface area contributed by atoms with E-state index in [9.17, 15) is 0 Å². The molecular weight excluding hydrogens is 278 g/mol. The van der Waals surface area contributed by atoms with Crippen molar-refractivity contribution in [2.75, 3.05) is 0 Å². The lowest BCUT2D eigenvalue weighted by Gasteiger charge is -2.03. The lowest BCUT2D eigenvalue weighted by Crippen LogP contribution is -1.88. The summed E-state index contributed by atoms with van der Waals surface area (Å²) in [6, 6.07) is 21.4. The van der Waals surface area contributed by atoms with Crippen molar-refractivity contribution < 1.29 is 0 Å². The van der Waals surface area contributed by atoms with Crippen LogP contribution in [0.2, 0.25) is 5.02 Å². The molecule has 0 N–H and O–H groups in total. The summed E-state index contributed by atoms with van der Waals surface area (Å²) in [6.45, 7) is 0. The minimum absolute atomic E-state index is 0.695. The summed E-state index contributed by atoms with van der Waals surface area (Å²) in [4.78, 5) is 4.44. The fourth-order valence-electron chi connectivity index (χ4n) is 2.03. The van der Waals surface area contributed by atoms with Gasteiger partial charge in [0, 0.05) is 22.3 Å². The van der Waals surface area contributed by atoms with Crippen LogP contribution in [0.25, 0.3) is 11.3 Å². The van der Waals surface area contributed by atoms with E-state index < -0.39 is 0 Å². The van der Waals surface area contributed by atoms with Crippen molar-refractivity contribution in [3.8, 4) is 23.1 Å². The summed E-state index contributed by atoms with van der Waals surface area (Å²) in [5.74, 6) is 6.35. The van der Waals surface area contributed by atoms with Crippen molar-refractivity contribution in [1.82, 2.24) is 4.98 Å². The van der Waals surface area contributed by atoms with E-state index in [0.717, 1.165) is 22.4 Å². The Morgan fingerprint density at radius 2 is 1.67 bits per heavy atom. The van der Waals surface area contributed by atoms with Gasteiger partial charge in [0.2, 0.25) is 0 Å². The summed E-state index contributed by atoms with van der Waals surface area (Å²) in [7, 11) is 0. The van der Waals surface area contributed by atoms with E-state index in [1.807, 2.05) is 66.7 Å². The quantitative estimate of drug-likeness (QED) is 0.586. The highest BCUT2D eigenvalue weighted by Gasteiger charge is 2.04. The second-order valence-electron chi connectivity index (χ2n) is 4.53. The normalized spacial score (nSPS) is 9.76. The van der Waals surface area contributed by atoms with Crippen molar-refractivity contribution in [1.29, 1.82) is 0 Å². The van der Waals surface area contributed by atoms with Crippen molar-refractivity contribution in [2.45, 2.75) is 0 Å². The van der Waals surface area contributed by atoms with Gasteiger partial charge in [0.1, 0.15) is 0 Å². The Morgan fingerprint density at radius 3 is 2.48 bits per heavy atom. The van der Waals surface area contributed by atoms with Gasteiger partial charge in [-0.25, -0.2) is 0 Å². The highest BCUT2D eigenvalue weighted by Crippen LogP contribution is 2.23. The number of benzene rings is 2. The van der Waals surface area contributed by atoms with E-state index in [1.54, 1.807) is 6.20 Å². The van der Waals surface area contributed by atoms with Crippen molar-refractivity contribution in [3.05, 3.63) is 89.1 Å². The highest BCUT2D eigenvalue weighted by molar-refractivity contribution is 6.30. The summed E-state index contributed by atoms with van der Waals surface area (Å²) < 4.78 is 0. The van der Waals surface area contributed by atoms with Gasteiger partial charge in [-0.15, -0.1) is 0 Å². The minimum Gasteiger partial charge on any atom is -0.255 e. The second kappa shape index (κ2) is 6.26. The van der Waals surface area contributed by atoms with Crippen LogP contribution in [0, 0.1) is 11.8 Å². The van der Waals surface area contributed by atoms with Crippen molar-refractivity contribution in [3.63, 3.8) is 0 Å². The Labute approximate surface area is 129 Å². The van der Waals surface area contributed by atoms with E-state index in [2.05, 4.69) is 16.8 Å². The lowest BCUT2D eigenvalue weighted by molar-refractivity contribution is 1.31. The zero-order valence-electron chi connectivity index (χ0n) is 11.3. The Bertz CT molecular complexity index is 813. The maximum Gasteiger partial charge on any atom is 0.0858 e. The van der Waals surface area contributed by atoms with Crippen LogP contribution in [0.3, 0.4) is 0 Å². The van der Waals surface area contributed by atoms with E-state index in [0.29, 0.717) is 5.02 Å². The average Bonchev–Trinajstić information content (AvgIpc) is 2.54. The molecule has 0 saturated carbocycles. The fraction of sp³-hybridized carbons (Fsp3) is 0. The van der Waals surface area contributed by atoms with Gasteiger partial charge in [-0.2, -0.15) is 0 Å². The Kier molecular flexibility index (Phi) is 4.00. The summed E-state index contributed by atoms with van der Waals surface area (Å²) in [5, 5.41) is 0.695. The van der Waals surface area contributed by atoms with Gasteiger partial charge in [-0.05, 0) is 36.4 Å². The molecule has 0 aliphatic carbocycles. The number of pyridine rings is 1. The van der Waals surface area contributed by atoms with Gasteiger partial charge in [0.25, 0.3) is 0 Å². The Morgan fingerprint density at radius 1 is 0.810 bits per heavy atom. The Balaban J connectivity index is 2.03. The molecule has 0 bridgehead atoms. The van der Waals surface area contributed by atoms with Gasteiger partial charge in [-0.1, -0.05) is 53.8 Å².